The van der Waals surface area contributed by atoms with Crippen LogP contribution in [0.25, 0.3) is 0 Å². The van der Waals surface area contributed by atoms with Crippen LogP contribution in [0.1, 0.15) is 12.8 Å². The minimum atomic E-state index is -0.273. The topological polar surface area (TPSA) is 65.1 Å². The molecule has 0 atom stereocenters. The maximum absolute atomic E-state index is 11.8. The molecule has 0 N–H and O–H groups in total. The molecule has 1 aromatic carbocycles. The van der Waals surface area contributed by atoms with Crippen LogP contribution in [0.2, 0.25) is 0 Å². The van der Waals surface area contributed by atoms with E-state index < -0.39 is 0 Å². The second kappa shape index (κ2) is 8.84. The number of amides is 1. The number of benzene rings is 1. The van der Waals surface area contributed by atoms with Gasteiger partial charge < -0.3 is 19.1 Å². The number of carbonyl (C=O) groups excluding carboxylic acids is 2. The van der Waals surface area contributed by atoms with E-state index in [0.717, 1.165) is 5.75 Å². The van der Waals surface area contributed by atoms with Crippen molar-refractivity contribution in [3.05, 3.63) is 24.3 Å². The number of nitrogens with zero attached hydrogens (tertiary/aromatic N) is 1. The standard InChI is InChI=1S/C15H21NO5/c1-16(10-4-5-15(18)20-3)14(17)11-21-13-8-6-12(19-2)7-9-13/h6-9H,4-5,10-11H2,1-3H3. The molecule has 0 aliphatic rings. The van der Waals surface area contributed by atoms with Crippen LogP contribution in [-0.4, -0.2) is 51.2 Å². The van der Waals surface area contributed by atoms with Crippen LogP contribution in [0.15, 0.2) is 24.3 Å². The molecule has 1 amide bonds. The average Bonchev–Trinajstić information content (AvgIpc) is 2.52. The highest BCUT2D eigenvalue weighted by Crippen LogP contribution is 2.16. The van der Waals surface area contributed by atoms with Crippen LogP contribution in [0.5, 0.6) is 11.5 Å². The van der Waals surface area contributed by atoms with Gasteiger partial charge in [-0.15, -0.1) is 0 Å². The zero-order valence-electron chi connectivity index (χ0n) is 12.6. The number of hydrogen-bond donors (Lipinski definition) is 0. The fourth-order valence-corrected chi connectivity index (χ4v) is 1.61. The summed E-state index contributed by atoms with van der Waals surface area (Å²) in [6.07, 6.45) is 0.866. The fraction of sp³-hybridized carbons (Fsp3) is 0.467. The molecule has 0 fully saturated rings. The Morgan fingerprint density at radius 1 is 1.10 bits per heavy atom. The number of esters is 1. The first-order valence-corrected chi connectivity index (χ1v) is 6.64. The van der Waals surface area contributed by atoms with Crippen molar-refractivity contribution in [2.24, 2.45) is 0 Å². The second-order valence-corrected chi connectivity index (χ2v) is 4.46. The smallest absolute Gasteiger partial charge is 0.305 e. The van der Waals surface area contributed by atoms with E-state index in [1.54, 1.807) is 38.4 Å². The van der Waals surface area contributed by atoms with Crippen LogP contribution >= 0.6 is 0 Å². The van der Waals surface area contributed by atoms with E-state index in [2.05, 4.69) is 4.74 Å². The van der Waals surface area contributed by atoms with Gasteiger partial charge in [0.15, 0.2) is 6.61 Å². The van der Waals surface area contributed by atoms with Crippen molar-refractivity contribution in [1.29, 1.82) is 0 Å². The van der Waals surface area contributed by atoms with Crippen molar-refractivity contribution in [3.8, 4) is 11.5 Å². The third-order valence-corrected chi connectivity index (χ3v) is 2.95. The van der Waals surface area contributed by atoms with Gasteiger partial charge in [-0.2, -0.15) is 0 Å². The molecule has 1 rings (SSSR count). The molecule has 0 bridgehead atoms. The van der Waals surface area contributed by atoms with Crippen molar-refractivity contribution in [3.63, 3.8) is 0 Å². The van der Waals surface area contributed by atoms with E-state index >= 15 is 0 Å². The maximum atomic E-state index is 11.8. The van der Waals surface area contributed by atoms with Crippen molar-refractivity contribution >= 4 is 11.9 Å². The average molecular weight is 295 g/mol. The maximum Gasteiger partial charge on any atom is 0.305 e. The lowest BCUT2D eigenvalue weighted by molar-refractivity contribution is -0.141. The van der Waals surface area contributed by atoms with Gasteiger partial charge in [-0.05, 0) is 30.7 Å². The summed E-state index contributed by atoms with van der Waals surface area (Å²) in [5.41, 5.74) is 0. The first-order valence-electron chi connectivity index (χ1n) is 6.64. The van der Waals surface area contributed by atoms with E-state index in [-0.39, 0.29) is 18.5 Å². The number of methoxy groups -OCH3 is 2. The quantitative estimate of drug-likeness (QED) is 0.680. The van der Waals surface area contributed by atoms with Crippen molar-refractivity contribution in [2.75, 3.05) is 34.4 Å². The van der Waals surface area contributed by atoms with Crippen LogP contribution < -0.4 is 9.47 Å². The second-order valence-electron chi connectivity index (χ2n) is 4.46. The Bertz CT molecular complexity index is 458. The molecule has 116 valence electrons. The third-order valence-electron chi connectivity index (χ3n) is 2.95. The lowest BCUT2D eigenvalue weighted by atomic mass is 10.3. The van der Waals surface area contributed by atoms with Crippen LogP contribution in [0.4, 0.5) is 0 Å². The van der Waals surface area contributed by atoms with Crippen molar-refractivity contribution in [1.82, 2.24) is 4.90 Å². The molecule has 0 spiro atoms. The van der Waals surface area contributed by atoms with Crippen LogP contribution in [0.3, 0.4) is 0 Å². The summed E-state index contributed by atoms with van der Waals surface area (Å²) in [6.45, 7) is 0.445. The Balaban J connectivity index is 2.29. The summed E-state index contributed by atoms with van der Waals surface area (Å²) >= 11 is 0. The summed E-state index contributed by atoms with van der Waals surface area (Å²) in [7, 11) is 4.61. The third kappa shape index (κ3) is 6.16. The summed E-state index contributed by atoms with van der Waals surface area (Å²) in [5.74, 6) is 0.918. The normalized spacial score (nSPS) is 9.86. The molecular formula is C15H21NO5. The van der Waals surface area contributed by atoms with Gasteiger partial charge in [-0.1, -0.05) is 0 Å². The minimum Gasteiger partial charge on any atom is -0.497 e. The Morgan fingerprint density at radius 3 is 2.29 bits per heavy atom. The van der Waals surface area contributed by atoms with Gasteiger partial charge in [-0.25, -0.2) is 0 Å². The molecule has 0 aliphatic heterocycles. The molecule has 0 unspecified atom stereocenters. The van der Waals surface area contributed by atoms with E-state index in [4.69, 9.17) is 9.47 Å². The summed E-state index contributed by atoms with van der Waals surface area (Å²) < 4.78 is 15.0. The minimum absolute atomic E-state index is 0.0406. The predicted molar refractivity (Wildman–Crippen MR) is 77.4 cm³/mol. The highest BCUT2D eigenvalue weighted by atomic mass is 16.5. The monoisotopic (exact) mass is 295 g/mol. The first-order chi connectivity index (χ1) is 10.1. The first kappa shape index (κ1) is 16.8. The zero-order chi connectivity index (χ0) is 15.7. The predicted octanol–water partition coefficient (Wildman–Crippen LogP) is 1.49. The molecule has 0 aromatic heterocycles. The fourth-order valence-electron chi connectivity index (χ4n) is 1.61. The highest BCUT2D eigenvalue weighted by molar-refractivity contribution is 5.77. The molecule has 0 aliphatic carbocycles. The number of hydrogen-bond acceptors (Lipinski definition) is 5. The number of carbonyl (C=O) groups is 2. The van der Waals surface area contributed by atoms with E-state index in [1.807, 2.05) is 0 Å². The summed E-state index contributed by atoms with van der Waals surface area (Å²) in [6, 6.07) is 7.01. The van der Waals surface area contributed by atoms with Gasteiger partial charge in [0.2, 0.25) is 0 Å². The van der Waals surface area contributed by atoms with Crippen molar-refractivity contribution in [2.45, 2.75) is 12.8 Å². The van der Waals surface area contributed by atoms with Crippen molar-refractivity contribution < 1.29 is 23.8 Å². The lowest BCUT2D eigenvalue weighted by Gasteiger charge is -2.17. The van der Waals surface area contributed by atoms with Gasteiger partial charge in [0.25, 0.3) is 5.91 Å². The number of ether oxygens (including phenoxy) is 3. The van der Waals surface area contributed by atoms with E-state index in [0.29, 0.717) is 25.1 Å². The van der Waals surface area contributed by atoms with Crippen LogP contribution in [0, 0.1) is 0 Å². The molecule has 0 saturated heterocycles. The Kier molecular flexibility index (Phi) is 7.08. The molecule has 6 nitrogen and oxygen atoms in total. The van der Waals surface area contributed by atoms with Gasteiger partial charge in [0, 0.05) is 20.0 Å². The largest absolute Gasteiger partial charge is 0.497 e. The van der Waals surface area contributed by atoms with Crippen LogP contribution in [-0.2, 0) is 14.3 Å². The molecule has 0 saturated carbocycles. The molecular weight excluding hydrogens is 274 g/mol. The van der Waals surface area contributed by atoms with Gasteiger partial charge >= 0.3 is 5.97 Å². The van der Waals surface area contributed by atoms with Gasteiger partial charge in [-0.3, -0.25) is 9.59 Å². The zero-order valence-corrected chi connectivity index (χ0v) is 12.6. The molecule has 0 radical (unpaired) electrons. The Labute approximate surface area is 124 Å². The SMILES string of the molecule is COC(=O)CCCN(C)C(=O)COc1ccc(OC)cc1. The Hall–Kier alpha value is -2.24. The lowest BCUT2D eigenvalue weighted by Crippen LogP contribution is -2.32. The van der Waals surface area contributed by atoms with E-state index in [1.165, 1.54) is 12.0 Å². The summed E-state index contributed by atoms with van der Waals surface area (Å²) in [5, 5.41) is 0. The number of likely N-dealkylation sites (N-methyl/N-ethyl adjacent to an activating group) is 1. The molecule has 0 heterocycles. The molecule has 21 heavy (non-hydrogen) atoms. The number of rotatable bonds is 8. The van der Waals surface area contributed by atoms with Gasteiger partial charge in [0.05, 0.1) is 14.2 Å². The highest BCUT2D eigenvalue weighted by Gasteiger charge is 2.10. The van der Waals surface area contributed by atoms with Gasteiger partial charge in [0.1, 0.15) is 11.5 Å². The molecule has 1 aromatic rings. The molecule has 6 heteroatoms. The van der Waals surface area contributed by atoms with E-state index in [9.17, 15) is 9.59 Å². The Morgan fingerprint density at radius 2 is 1.71 bits per heavy atom. The summed E-state index contributed by atoms with van der Waals surface area (Å²) in [4.78, 5) is 24.3.